The lowest BCUT2D eigenvalue weighted by Gasteiger charge is -2.41. The van der Waals surface area contributed by atoms with Gasteiger partial charge >= 0.3 is 12.1 Å². The van der Waals surface area contributed by atoms with Gasteiger partial charge in [-0.15, -0.1) is 0 Å². The van der Waals surface area contributed by atoms with Crippen LogP contribution in [0.15, 0.2) is 53.5 Å². The number of carbonyl (C=O) groups excluding carboxylic acids is 2. The summed E-state index contributed by atoms with van der Waals surface area (Å²) in [6.45, 7) is 6.26. The zero-order valence-electron chi connectivity index (χ0n) is 19.4. The highest BCUT2D eigenvalue weighted by atomic mass is 19.4. The Kier molecular flexibility index (Phi) is 6.27. The number of aliphatic imine (C=N–C) groups is 1. The van der Waals surface area contributed by atoms with E-state index in [4.69, 9.17) is 4.74 Å². The number of carbonyl (C=O) groups is 2. The van der Waals surface area contributed by atoms with Crippen molar-refractivity contribution in [2.45, 2.75) is 52.3 Å². The van der Waals surface area contributed by atoms with Crippen LogP contribution in [-0.4, -0.2) is 30.2 Å². The molecule has 0 bridgehead atoms. The lowest BCUT2D eigenvalue weighted by Crippen LogP contribution is -2.50. The normalized spacial score (nSPS) is 21.8. The van der Waals surface area contributed by atoms with Crippen LogP contribution in [0.25, 0.3) is 0 Å². The SMILES string of the molecule is CCCOc1cccc([C@H]2[C@@H]3C(=O)CC(C)(C)CC3=Nc3ccccc3N2C(=O)C(F)(F)F)c1. The Balaban J connectivity index is 1.96. The van der Waals surface area contributed by atoms with E-state index in [0.717, 1.165) is 6.42 Å². The Labute approximate surface area is 196 Å². The molecule has 4 rings (SSSR count). The molecular weight excluding hydrogens is 445 g/mol. The molecule has 1 amide bonds. The molecule has 0 unspecified atom stereocenters. The topological polar surface area (TPSA) is 59.0 Å². The van der Waals surface area contributed by atoms with Crippen LogP contribution in [0.1, 0.15) is 51.6 Å². The number of para-hydroxylation sites is 2. The van der Waals surface area contributed by atoms with Gasteiger partial charge in [0.15, 0.2) is 0 Å². The molecule has 0 radical (unpaired) electrons. The van der Waals surface area contributed by atoms with Crippen LogP contribution in [0.4, 0.5) is 24.5 Å². The van der Waals surface area contributed by atoms with E-state index in [1.807, 2.05) is 20.8 Å². The molecule has 2 aliphatic rings. The highest BCUT2D eigenvalue weighted by Crippen LogP contribution is 2.49. The predicted molar refractivity (Wildman–Crippen MR) is 124 cm³/mol. The van der Waals surface area contributed by atoms with Gasteiger partial charge in [-0.3, -0.25) is 19.5 Å². The molecule has 0 spiro atoms. The van der Waals surface area contributed by atoms with Crippen LogP contribution < -0.4 is 9.64 Å². The second-order valence-corrected chi connectivity index (χ2v) is 9.59. The van der Waals surface area contributed by atoms with Gasteiger partial charge in [-0.2, -0.15) is 13.2 Å². The van der Waals surface area contributed by atoms with Crippen molar-refractivity contribution >= 4 is 28.8 Å². The van der Waals surface area contributed by atoms with Gasteiger partial charge in [-0.25, -0.2) is 0 Å². The van der Waals surface area contributed by atoms with Crippen molar-refractivity contribution in [3.05, 3.63) is 54.1 Å². The zero-order chi connectivity index (χ0) is 24.7. The number of ketones is 1. The van der Waals surface area contributed by atoms with Crippen molar-refractivity contribution in [1.29, 1.82) is 0 Å². The first-order valence-electron chi connectivity index (χ1n) is 11.3. The number of anilines is 1. The molecule has 0 saturated heterocycles. The van der Waals surface area contributed by atoms with Gasteiger partial charge < -0.3 is 4.74 Å². The number of rotatable bonds is 4. The van der Waals surface area contributed by atoms with Gasteiger partial charge in [-0.1, -0.05) is 45.0 Å². The summed E-state index contributed by atoms with van der Waals surface area (Å²) in [5, 5.41) is 0. The highest BCUT2D eigenvalue weighted by molar-refractivity contribution is 6.13. The number of Topliss-reactive ketones (excluding diaryl/α,β-unsaturated/α-hetero) is 1. The summed E-state index contributed by atoms with van der Waals surface area (Å²) in [7, 11) is 0. The van der Waals surface area contributed by atoms with E-state index in [1.54, 1.807) is 42.5 Å². The van der Waals surface area contributed by atoms with Crippen LogP contribution in [0, 0.1) is 11.3 Å². The summed E-state index contributed by atoms with van der Waals surface area (Å²) < 4.78 is 47.4. The number of hydrogen-bond donors (Lipinski definition) is 0. The average molecular weight is 473 g/mol. The number of alkyl halides is 3. The quantitative estimate of drug-likeness (QED) is 0.532. The molecule has 0 aromatic heterocycles. The minimum absolute atomic E-state index is 0.0298. The fraction of sp³-hybridized carbons (Fsp3) is 0.423. The van der Waals surface area contributed by atoms with Crippen molar-refractivity contribution in [2.24, 2.45) is 16.3 Å². The monoisotopic (exact) mass is 472 g/mol. The van der Waals surface area contributed by atoms with Crippen LogP contribution >= 0.6 is 0 Å². The fourth-order valence-corrected chi connectivity index (χ4v) is 4.84. The van der Waals surface area contributed by atoms with E-state index in [0.29, 0.717) is 35.0 Å². The molecule has 1 aliphatic heterocycles. The number of benzene rings is 2. The Bertz CT molecular complexity index is 1140. The summed E-state index contributed by atoms with van der Waals surface area (Å²) in [5.74, 6) is -2.78. The number of ether oxygens (including phenoxy) is 1. The van der Waals surface area contributed by atoms with Crippen LogP contribution in [0.2, 0.25) is 0 Å². The molecule has 2 atom stereocenters. The molecule has 0 N–H and O–H groups in total. The van der Waals surface area contributed by atoms with Crippen LogP contribution in [0.5, 0.6) is 5.75 Å². The number of nitrogens with zero attached hydrogens (tertiary/aromatic N) is 2. The summed E-state index contributed by atoms with van der Waals surface area (Å²) >= 11 is 0. The summed E-state index contributed by atoms with van der Waals surface area (Å²) in [4.78, 5) is 31.8. The van der Waals surface area contributed by atoms with Gasteiger partial charge in [0.05, 0.1) is 29.9 Å². The Morgan fingerprint density at radius 2 is 1.88 bits per heavy atom. The molecule has 1 aliphatic carbocycles. The summed E-state index contributed by atoms with van der Waals surface area (Å²) in [5.41, 5.74) is 0.778. The third-order valence-electron chi connectivity index (χ3n) is 6.15. The van der Waals surface area contributed by atoms with E-state index in [1.165, 1.54) is 6.07 Å². The molecule has 1 saturated carbocycles. The first-order chi connectivity index (χ1) is 16.0. The Morgan fingerprint density at radius 1 is 1.15 bits per heavy atom. The van der Waals surface area contributed by atoms with E-state index in [2.05, 4.69) is 4.99 Å². The largest absolute Gasteiger partial charge is 0.494 e. The van der Waals surface area contributed by atoms with E-state index in [-0.39, 0.29) is 29.0 Å². The molecular formula is C26H27F3N2O3. The molecule has 1 fully saturated rings. The minimum atomic E-state index is -5.14. The van der Waals surface area contributed by atoms with Crippen LogP contribution in [-0.2, 0) is 9.59 Å². The van der Waals surface area contributed by atoms with E-state index >= 15 is 0 Å². The third-order valence-corrected chi connectivity index (χ3v) is 6.15. The number of halogens is 3. The van der Waals surface area contributed by atoms with Crippen molar-refractivity contribution in [3.8, 4) is 5.75 Å². The van der Waals surface area contributed by atoms with Gasteiger partial charge in [-0.05, 0) is 48.1 Å². The molecule has 1 heterocycles. The Hall–Kier alpha value is -3.16. The second kappa shape index (κ2) is 8.89. The van der Waals surface area contributed by atoms with Gasteiger partial charge in [0.25, 0.3) is 0 Å². The first kappa shape index (κ1) is 24.0. The van der Waals surface area contributed by atoms with E-state index in [9.17, 15) is 22.8 Å². The molecule has 5 nitrogen and oxygen atoms in total. The average Bonchev–Trinajstić information content (AvgIpc) is 2.90. The standard InChI is InChI=1S/C26H27F3N2O3/c1-4-12-34-17-9-7-8-16(13-17)23-22-19(14-25(2,3)15-21(22)32)30-18-10-5-6-11-20(18)31(23)24(33)26(27,28)29/h5-11,13,22-23H,4,12,14-15H2,1-3H3/t22-,23-/m0/s1. The maximum atomic E-state index is 13.9. The van der Waals surface area contributed by atoms with Crippen molar-refractivity contribution in [3.63, 3.8) is 0 Å². The van der Waals surface area contributed by atoms with Crippen LogP contribution in [0.3, 0.4) is 0 Å². The van der Waals surface area contributed by atoms with Crippen molar-refractivity contribution in [2.75, 3.05) is 11.5 Å². The Morgan fingerprint density at radius 3 is 2.59 bits per heavy atom. The molecule has 34 heavy (non-hydrogen) atoms. The highest BCUT2D eigenvalue weighted by Gasteiger charge is 2.52. The van der Waals surface area contributed by atoms with Crippen molar-refractivity contribution in [1.82, 2.24) is 0 Å². The van der Waals surface area contributed by atoms with Gasteiger partial charge in [0.1, 0.15) is 11.5 Å². The number of amides is 1. The lowest BCUT2D eigenvalue weighted by molar-refractivity contribution is -0.171. The maximum absolute atomic E-state index is 13.9. The molecule has 2 aromatic rings. The number of fused-ring (bicyclic) bond motifs is 2. The minimum Gasteiger partial charge on any atom is -0.494 e. The smallest absolute Gasteiger partial charge is 0.471 e. The summed E-state index contributed by atoms with van der Waals surface area (Å²) in [6.07, 6.45) is -3.76. The zero-order valence-corrected chi connectivity index (χ0v) is 19.4. The third kappa shape index (κ3) is 4.58. The first-order valence-corrected chi connectivity index (χ1v) is 11.3. The lowest BCUT2D eigenvalue weighted by atomic mass is 9.68. The second-order valence-electron chi connectivity index (χ2n) is 9.59. The fourth-order valence-electron chi connectivity index (χ4n) is 4.84. The van der Waals surface area contributed by atoms with Gasteiger partial charge in [0.2, 0.25) is 0 Å². The van der Waals surface area contributed by atoms with Gasteiger partial charge in [0, 0.05) is 12.1 Å². The molecule has 180 valence electrons. The maximum Gasteiger partial charge on any atom is 0.471 e. The molecule has 2 aromatic carbocycles. The summed E-state index contributed by atoms with van der Waals surface area (Å²) in [6, 6.07) is 11.7. The predicted octanol–water partition coefficient (Wildman–Crippen LogP) is 6.20. The molecule has 8 heteroatoms. The number of hydrogen-bond acceptors (Lipinski definition) is 4. The van der Waals surface area contributed by atoms with E-state index < -0.39 is 24.0 Å². The van der Waals surface area contributed by atoms with Crippen molar-refractivity contribution < 1.29 is 27.5 Å².